The molecule has 168 valence electrons. The molecule has 9 nitrogen and oxygen atoms in total. The molecule has 1 aliphatic rings. The van der Waals surface area contributed by atoms with E-state index in [-0.39, 0.29) is 24.2 Å². The van der Waals surface area contributed by atoms with Gasteiger partial charge in [-0.2, -0.15) is 0 Å². The predicted molar refractivity (Wildman–Crippen MR) is 118 cm³/mol. The van der Waals surface area contributed by atoms with Crippen LogP contribution in [0, 0.1) is 18.7 Å². The monoisotopic (exact) mass is 440 g/mol. The van der Waals surface area contributed by atoms with E-state index in [1.165, 1.54) is 24.5 Å². The zero-order chi connectivity index (χ0) is 22.8. The molecular formula is C22H25FN6O3. The zero-order valence-electron chi connectivity index (χ0n) is 18.1. The van der Waals surface area contributed by atoms with Crippen molar-refractivity contribution in [3.8, 4) is 0 Å². The second-order valence-corrected chi connectivity index (χ2v) is 8.10. The number of aromatic nitrogens is 2. The number of urea groups is 1. The van der Waals surface area contributed by atoms with Gasteiger partial charge in [0.2, 0.25) is 11.9 Å². The van der Waals surface area contributed by atoms with E-state index in [0.29, 0.717) is 41.5 Å². The largest absolute Gasteiger partial charge is 0.459 e. The molecule has 0 unspecified atom stereocenters. The average molecular weight is 440 g/mol. The fraction of sp³-hybridized carbons (Fsp3) is 0.364. The normalized spacial score (nSPS) is 15.0. The molecule has 1 saturated heterocycles. The Labute approximate surface area is 184 Å². The molecule has 0 saturated carbocycles. The summed E-state index contributed by atoms with van der Waals surface area (Å²) in [5, 5.41) is 9.08. The quantitative estimate of drug-likeness (QED) is 0.562. The van der Waals surface area contributed by atoms with Gasteiger partial charge in [-0.3, -0.25) is 4.79 Å². The fourth-order valence-electron chi connectivity index (χ4n) is 3.71. The molecule has 3 amide bonds. The summed E-state index contributed by atoms with van der Waals surface area (Å²) in [7, 11) is 0. The highest BCUT2D eigenvalue weighted by Crippen LogP contribution is 2.33. The minimum Gasteiger partial charge on any atom is -0.459 e. The lowest BCUT2D eigenvalue weighted by Crippen LogP contribution is -2.48. The lowest BCUT2D eigenvalue weighted by molar-refractivity contribution is -0.120. The van der Waals surface area contributed by atoms with E-state index in [2.05, 4.69) is 25.9 Å². The van der Waals surface area contributed by atoms with Crippen molar-refractivity contribution in [1.82, 2.24) is 20.6 Å². The first-order valence-electron chi connectivity index (χ1n) is 10.4. The van der Waals surface area contributed by atoms with Crippen molar-refractivity contribution < 1.29 is 18.4 Å². The van der Waals surface area contributed by atoms with E-state index in [1.54, 1.807) is 11.0 Å². The first kappa shape index (κ1) is 21.5. The predicted octanol–water partition coefficient (Wildman–Crippen LogP) is 3.13. The van der Waals surface area contributed by atoms with Gasteiger partial charge in [-0.25, -0.2) is 19.2 Å². The summed E-state index contributed by atoms with van der Waals surface area (Å²) in [6, 6.07) is 3.50. The van der Waals surface area contributed by atoms with Crippen molar-refractivity contribution in [2.45, 2.75) is 26.8 Å². The van der Waals surface area contributed by atoms with Gasteiger partial charge in [-0.1, -0.05) is 13.8 Å². The lowest BCUT2D eigenvalue weighted by Gasteiger charge is -2.26. The number of piperazine rings is 1. The number of amides is 3. The van der Waals surface area contributed by atoms with Crippen molar-refractivity contribution >= 4 is 34.5 Å². The number of nitrogens with zero attached hydrogens (tertiary/aromatic N) is 3. The van der Waals surface area contributed by atoms with Gasteiger partial charge >= 0.3 is 6.03 Å². The molecule has 1 aromatic carbocycles. The molecule has 3 aromatic rings. The third-order valence-corrected chi connectivity index (χ3v) is 5.39. The highest BCUT2D eigenvalue weighted by atomic mass is 19.1. The molecule has 4 rings (SSSR count). The number of nitrogens with one attached hydrogen (secondary N) is 3. The minimum absolute atomic E-state index is 0.0220. The Morgan fingerprint density at radius 2 is 2.03 bits per heavy atom. The van der Waals surface area contributed by atoms with Crippen LogP contribution in [0.2, 0.25) is 0 Å². The Bertz CT molecular complexity index is 1140. The number of furan rings is 1. The van der Waals surface area contributed by atoms with Crippen LogP contribution in [0.25, 0.3) is 11.0 Å². The van der Waals surface area contributed by atoms with Gasteiger partial charge in [0.25, 0.3) is 0 Å². The van der Waals surface area contributed by atoms with E-state index in [9.17, 15) is 14.0 Å². The number of benzene rings is 1. The number of fused-ring (bicyclic) bond motifs is 1. The van der Waals surface area contributed by atoms with Gasteiger partial charge in [0.15, 0.2) is 0 Å². The maximum absolute atomic E-state index is 13.6. The van der Waals surface area contributed by atoms with Gasteiger partial charge in [0, 0.05) is 24.0 Å². The second kappa shape index (κ2) is 8.81. The van der Waals surface area contributed by atoms with Gasteiger partial charge in [-0.15, -0.1) is 0 Å². The number of rotatable bonds is 5. The van der Waals surface area contributed by atoms with Crippen LogP contribution in [-0.4, -0.2) is 41.5 Å². The van der Waals surface area contributed by atoms with Crippen molar-refractivity contribution in [3.05, 3.63) is 47.7 Å². The van der Waals surface area contributed by atoms with Gasteiger partial charge in [-0.05, 0) is 31.0 Å². The number of aryl methyl sites for hydroxylation is 1. The minimum atomic E-state index is -0.441. The van der Waals surface area contributed by atoms with Crippen LogP contribution < -0.4 is 20.9 Å². The molecule has 0 aliphatic carbocycles. The molecule has 32 heavy (non-hydrogen) atoms. The highest BCUT2D eigenvalue weighted by molar-refractivity contribution is 5.89. The number of hydrogen-bond donors (Lipinski definition) is 3. The van der Waals surface area contributed by atoms with Gasteiger partial charge in [0.05, 0.1) is 30.7 Å². The molecule has 0 bridgehead atoms. The third kappa shape index (κ3) is 4.48. The van der Waals surface area contributed by atoms with Crippen molar-refractivity contribution in [1.29, 1.82) is 0 Å². The summed E-state index contributed by atoms with van der Waals surface area (Å²) in [5.74, 6) is 0.619. The molecule has 2 aromatic heterocycles. The molecule has 1 aliphatic heterocycles. The Hall–Kier alpha value is -3.69. The van der Waals surface area contributed by atoms with E-state index in [1.807, 2.05) is 20.8 Å². The molecule has 1 fully saturated rings. The molecular weight excluding hydrogens is 415 g/mol. The maximum Gasteiger partial charge on any atom is 0.319 e. The van der Waals surface area contributed by atoms with Gasteiger partial charge < -0.3 is 25.3 Å². The second-order valence-electron chi connectivity index (χ2n) is 8.10. The summed E-state index contributed by atoms with van der Waals surface area (Å²) >= 11 is 0. The number of anilines is 2. The SMILES string of the molecule is Cc1c([C@@H](NC(=O)Nc2cnc(N3CCNC(=O)C3)nc2)C(C)C)oc2ccc(F)cc12. The number of halogens is 1. The van der Waals surface area contributed by atoms with Crippen LogP contribution in [0.1, 0.15) is 31.2 Å². The molecule has 3 N–H and O–H groups in total. The van der Waals surface area contributed by atoms with Crippen molar-refractivity contribution in [2.75, 3.05) is 29.9 Å². The summed E-state index contributed by atoms with van der Waals surface area (Å²) in [4.78, 5) is 34.5. The van der Waals surface area contributed by atoms with Crippen LogP contribution in [0.4, 0.5) is 20.8 Å². The summed E-state index contributed by atoms with van der Waals surface area (Å²) in [6.07, 6.45) is 2.99. The number of hydrogen-bond acceptors (Lipinski definition) is 6. The van der Waals surface area contributed by atoms with E-state index >= 15 is 0 Å². The highest BCUT2D eigenvalue weighted by Gasteiger charge is 2.26. The molecule has 0 radical (unpaired) electrons. The number of carbonyl (C=O) groups is 2. The van der Waals surface area contributed by atoms with Crippen LogP contribution in [0.5, 0.6) is 0 Å². The molecule has 3 heterocycles. The smallest absolute Gasteiger partial charge is 0.319 e. The maximum atomic E-state index is 13.6. The molecule has 0 spiro atoms. The first-order chi connectivity index (χ1) is 15.3. The Kier molecular flexibility index (Phi) is 5.93. The topological polar surface area (TPSA) is 112 Å². The van der Waals surface area contributed by atoms with Crippen LogP contribution in [0.3, 0.4) is 0 Å². The van der Waals surface area contributed by atoms with Crippen molar-refractivity contribution in [2.24, 2.45) is 5.92 Å². The fourth-order valence-corrected chi connectivity index (χ4v) is 3.71. The Morgan fingerprint density at radius 1 is 1.28 bits per heavy atom. The van der Waals surface area contributed by atoms with E-state index < -0.39 is 12.1 Å². The third-order valence-electron chi connectivity index (χ3n) is 5.39. The first-order valence-corrected chi connectivity index (χ1v) is 10.4. The zero-order valence-corrected chi connectivity index (χ0v) is 18.1. The van der Waals surface area contributed by atoms with Crippen LogP contribution in [0.15, 0.2) is 35.0 Å². The molecule has 1 atom stereocenters. The molecule has 10 heteroatoms. The Balaban J connectivity index is 1.46. The van der Waals surface area contributed by atoms with Crippen LogP contribution in [-0.2, 0) is 4.79 Å². The average Bonchev–Trinajstić information content (AvgIpc) is 3.08. The summed E-state index contributed by atoms with van der Waals surface area (Å²) in [6.45, 7) is 7.13. The lowest BCUT2D eigenvalue weighted by atomic mass is 9.98. The van der Waals surface area contributed by atoms with Crippen LogP contribution >= 0.6 is 0 Å². The summed E-state index contributed by atoms with van der Waals surface area (Å²) in [5.41, 5.74) is 1.78. The van der Waals surface area contributed by atoms with Gasteiger partial charge in [0.1, 0.15) is 17.2 Å². The van der Waals surface area contributed by atoms with Crippen molar-refractivity contribution in [3.63, 3.8) is 0 Å². The Morgan fingerprint density at radius 3 is 2.72 bits per heavy atom. The standard InChI is InChI=1S/C22H25FN6O3/c1-12(2)19(20-13(3)16-8-14(23)4-5-17(16)32-20)28-22(31)27-15-9-25-21(26-10-15)29-7-6-24-18(30)11-29/h4-5,8-10,12,19H,6-7,11H2,1-3H3,(H,24,30)(H2,27,28,31)/t19-/m0/s1. The number of carbonyl (C=O) groups excluding carboxylic acids is 2. The van der Waals surface area contributed by atoms with E-state index in [4.69, 9.17) is 4.42 Å². The summed E-state index contributed by atoms with van der Waals surface area (Å²) < 4.78 is 19.6. The van der Waals surface area contributed by atoms with E-state index in [0.717, 1.165) is 5.56 Å².